The van der Waals surface area contributed by atoms with Crippen molar-refractivity contribution in [3.05, 3.63) is 48.3 Å². The van der Waals surface area contributed by atoms with Gasteiger partial charge >= 0.3 is 6.61 Å². The minimum Gasteiger partial charge on any atom is -0.488 e. The van der Waals surface area contributed by atoms with Crippen LogP contribution in [0.1, 0.15) is 24.8 Å². The summed E-state index contributed by atoms with van der Waals surface area (Å²) in [6, 6.07) is 9.13. The molecular weight excluding hydrogens is 504 g/mol. The number of likely N-dealkylation sites (tertiary alicyclic amines) is 1. The Kier molecular flexibility index (Phi) is 6.98. The van der Waals surface area contributed by atoms with Crippen molar-refractivity contribution in [2.75, 3.05) is 24.6 Å². The summed E-state index contributed by atoms with van der Waals surface area (Å²) in [5, 5.41) is 0.818. The maximum Gasteiger partial charge on any atom is 0.388 e. The van der Waals surface area contributed by atoms with Crippen molar-refractivity contribution in [1.82, 2.24) is 14.9 Å². The molecule has 1 aromatic carbocycles. The lowest BCUT2D eigenvalue weighted by Crippen LogP contribution is -2.39. The Morgan fingerprint density at radius 1 is 1.11 bits per heavy atom. The van der Waals surface area contributed by atoms with E-state index in [1.807, 2.05) is 24.3 Å². The lowest BCUT2D eigenvalue weighted by atomic mass is 10.0. The number of benzene rings is 1. The number of hydrogen-bond donors (Lipinski definition) is 0. The molecule has 0 saturated carbocycles. The Morgan fingerprint density at radius 3 is 2.62 bits per heavy atom. The topological polar surface area (TPSA) is 98.7 Å². The van der Waals surface area contributed by atoms with Crippen LogP contribution in [0.5, 0.6) is 11.6 Å². The number of amides is 1. The Labute approximate surface area is 213 Å². The maximum absolute atomic E-state index is 12.9. The first kappa shape index (κ1) is 25.3. The van der Waals surface area contributed by atoms with E-state index < -0.39 is 16.4 Å². The molecule has 1 unspecified atom stereocenters. The van der Waals surface area contributed by atoms with Gasteiger partial charge in [-0.2, -0.15) is 8.78 Å². The van der Waals surface area contributed by atoms with E-state index in [1.165, 1.54) is 6.20 Å². The predicted octanol–water partition coefficient (Wildman–Crippen LogP) is 4.01. The summed E-state index contributed by atoms with van der Waals surface area (Å²) in [7, 11) is -3.02. The Balaban J connectivity index is 1.30. The first-order chi connectivity index (χ1) is 17.7. The highest BCUT2D eigenvalue weighted by molar-refractivity contribution is 7.91. The molecule has 2 aromatic heterocycles. The van der Waals surface area contributed by atoms with Gasteiger partial charge in [-0.1, -0.05) is 0 Å². The van der Waals surface area contributed by atoms with E-state index in [0.29, 0.717) is 43.7 Å². The highest BCUT2D eigenvalue weighted by atomic mass is 32.2. The summed E-state index contributed by atoms with van der Waals surface area (Å²) < 4.78 is 59.3. The summed E-state index contributed by atoms with van der Waals surface area (Å²) in [5.74, 6) is 0.422. The highest BCUT2D eigenvalue weighted by Gasteiger charge is 2.35. The van der Waals surface area contributed by atoms with Crippen LogP contribution in [0.4, 0.5) is 8.78 Å². The van der Waals surface area contributed by atoms with Crippen LogP contribution in [0, 0.1) is 12.8 Å². The zero-order chi connectivity index (χ0) is 26.2. The van der Waals surface area contributed by atoms with Crippen molar-refractivity contribution in [2.45, 2.75) is 38.9 Å². The molecule has 196 valence electrons. The summed E-state index contributed by atoms with van der Waals surface area (Å²) in [6.45, 7) is -0.259. The monoisotopic (exact) mass is 531 g/mol. The van der Waals surface area contributed by atoms with E-state index in [-0.39, 0.29) is 35.3 Å². The Morgan fingerprint density at radius 2 is 1.89 bits per heavy atom. The molecule has 0 N–H and O–H groups in total. The number of nitrogens with zero attached hydrogens (tertiary/aromatic N) is 3. The molecule has 0 radical (unpaired) electrons. The number of fused-ring (bicyclic) bond motifs is 1. The van der Waals surface area contributed by atoms with Crippen molar-refractivity contribution in [2.24, 2.45) is 5.92 Å². The molecule has 5 rings (SSSR count). The normalized spacial score (nSPS) is 19.9. The van der Waals surface area contributed by atoms with E-state index in [1.54, 1.807) is 24.1 Å². The lowest BCUT2D eigenvalue weighted by molar-refractivity contribution is -0.135. The third-order valence-corrected chi connectivity index (χ3v) is 8.63. The number of halogens is 2. The molecule has 2 aliphatic heterocycles. The number of pyridine rings is 2. The molecule has 2 aliphatic rings. The summed E-state index contributed by atoms with van der Waals surface area (Å²) in [5.41, 5.74) is 2.79. The van der Waals surface area contributed by atoms with Gasteiger partial charge in [-0.3, -0.25) is 9.78 Å². The van der Waals surface area contributed by atoms with E-state index in [4.69, 9.17) is 4.74 Å². The SMILES string of the molecule is Cc1cc(-c2ccnc3ccc(OC4CCN(C(=O)C5CCS(=O)(=O)CC5)C4)cc23)cnc1OC(F)F. The molecule has 1 atom stereocenters. The molecule has 37 heavy (non-hydrogen) atoms. The lowest BCUT2D eigenvalue weighted by Gasteiger charge is -2.26. The summed E-state index contributed by atoms with van der Waals surface area (Å²) in [4.78, 5) is 23.2. The number of rotatable bonds is 6. The third-order valence-electron chi connectivity index (χ3n) is 6.92. The molecule has 0 spiro atoms. The largest absolute Gasteiger partial charge is 0.488 e. The van der Waals surface area contributed by atoms with Gasteiger partial charge < -0.3 is 14.4 Å². The van der Waals surface area contributed by atoms with Crippen LogP contribution >= 0.6 is 0 Å². The molecule has 2 fully saturated rings. The van der Waals surface area contributed by atoms with Crippen molar-refractivity contribution >= 4 is 26.6 Å². The number of aromatic nitrogens is 2. The minimum absolute atomic E-state index is 0.00753. The van der Waals surface area contributed by atoms with Crippen LogP contribution in [0.15, 0.2) is 42.7 Å². The van der Waals surface area contributed by atoms with Crippen LogP contribution in [-0.4, -0.2) is 66.5 Å². The quantitative estimate of drug-likeness (QED) is 0.474. The smallest absolute Gasteiger partial charge is 0.388 e. The maximum atomic E-state index is 12.9. The average Bonchev–Trinajstić information content (AvgIpc) is 3.33. The van der Waals surface area contributed by atoms with Crippen LogP contribution in [0.2, 0.25) is 0 Å². The summed E-state index contributed by atoms with van der Waals surface area (Å²) >= 11 is 0. The van der Waals surface area contributed by atoms with Crippen molar-refractivity contribution < 1.29 is 31.5 Å². The zero-order valence-corrected chi connectivity index (χ0v) is 21.1. The highest BCUT2D eigenvalue weighted by Crippen LogP contribution is 2.33. The fourth-order valence-corrected chi connectivity index (χ4v) is 6.47. The van der Waals surface area contributed by atoms with Crippen LogP contribution in [-0.2, 0) is 14.6 Å². The van der Waals surface area contributed by atoms with Gasteiger partial charge in [0.2, 0.25) is 11.8 Å². The number of carbonyl (C=O) groups is 1. The molecule has 4 heterocycles. The zero-order valence-electron chi connectivity index (χ0n) is 20.3. The van der Waals surface area contributed by atoms with E-state index in [9.17, 15) is 22.0 Å². The first-order valence-corrected chi connectivity index (χ1v) is 14.0. The second-order valence-corrected chi connectivity index (χ2v) is 11.8. The van der Waals surface area contributed by atoms with E-state index in [2.05, 4.69) is 14.7 Å². The standard InChI is InChI=1S/C26H27F2N3O5S/c1-16-12-18(14-30-24(16)36-26(27)28)21-4-8-29-23-3-2-19(13-22(21)23)35-20-5-9-31(15-20)25(32)17-6-10-37(33,34)11-7-17/h2-4,8,12-14,17,20,26H,5-7,9-11,15H2,1H3. The fraction of sp³-hybridized carbons (Fsp3) is 0.423. The fourth-order valence-electron chi connectivity index (χ4n) is 4.98. The van der Waals surface area contributed by atoms with Gasteiger partial charge in [-0.15, -0.1) is 0 Å². The van der Waals surface area contributed by atoms with E-state index in [0.717, 1.165) is 22.0 Å². The molecule has 11 heteroatoms. The number of carbonyl (C=O) groups excluding carboxylic acids is 1. The van der Waals surface area contributed by atoms with Crippen molar-refractivity contribution in [3.63, 3.8) is 0 Å². The molecule has 2 saturated heterocycles. The second-order valence-electron chi connectivity index (χ2n) is 9.50. The Bertz CT molecular complexity index is 1420. The van der Waals surface area contributed by atoms with Gasteiger partial charge in [0.25, 0.3) is 0 Å². The molecule has 0 bridgehead atoms. The third kappa shape index (κ3) is 5.66. The van der Waals surface area contributed by atoms with E-state index >= 15 is 0 Å². The van der Waals surface area contributed by atoms with Gasteiger partial charge in [-0.25, -0.2) is 13.4 Å². The van der Waals surface area contributed by atoms with Crippen LogP contribution < -0.4 is 9.47 Å². The molecule has 1 amide bonds. The average molecular weight is 532 g/mol. The summed E-state index contributed by atoms with van der Waals surface area (Å²) in [6.07, 6.45) is 4.44. The number of hydrogen-bond acceptors (Lipinski definition) is 7. The molecular formula is C26H27F2N3O5S. The minimum atomic E-state index is -3.02. The van der Waals surface area contributed by atoms with Gasteiger partial charge in [0.05, 0.1) is 23.6 Å². The van der Waals surface area contributed by atoms with Gasteiger partial charge in [0.15, 0.2) is 0 Å². The predicted molar refractivity (Wildman–Crippen MR) is 133 cm³/mol. The first-order valence-electron chi connectivity index (χ1n) is 12.1. The second kappa shape index (κ2) is 10.2. The molecule has 3 aromatic rings. The van der Waals surface area contributed by atoms with Gasteiger partial charge in [0.1, 0.15) is 21.7 Å². The number of aryl methyl sites for hydroxylation is 1. The molecule has 8 nitrogen and oxygen atoms in total. The molecule has 0 aliphatic carbocycles. The number of alkyl halides is 2. The number of ether oxygens (including phenoxy) is 2. The van der Waals surface area contributed by atoms with Crippen molar-refractivity contribution in [1.29, 1.82) is 0 Å². The van der Waals surface area contributed by atoms with Crippen LogP contribution in [0.25, 0.3) is 22.0 Å². The number of sulfone groups is 1. The van der Waals surface area contributed by atoms with Gasteiger partial charge in [-0.05, 0) is 55.7 Å². The Hall–Kier alpha value is -3.34. The van der Waals surface area contributed by atoms with Crippen molar-refractivity contribution in [3.8, 4) is 22.8 Å². The van der Waals surface area contributed by atoms with Crippen LogP contribution in [0.3, 0.4) is 0 Å². The van der Waals surface area contributed by atoms with Gasteiger partial charge in [0, 0.05) is 47.8 Å².